The fourth-order valence-electron chi connectivity index (χ4n) is 2.22. The summed E-state index contributed by atoms with van der Waals surface area (Å²) in [6, 6.07) is -0.804. The number of rotatable bonds is 8. The second kappa shape index (κ2) is 10.2. The Hall–Kier alpha value is -1.54. The lowest BCUT2D eigenvalue weighted by molar-refractivity contribution is -0.147. The van der Waals surface area contributed by atoms with Crippen LogP contribution in [0, 0.1) is 11.8 Å². The van der Waals surface area contributed by atoms with Gasteiger partial charge >= 0.3 is 11.9 Å². The number of hydrogen-bond donors (Lipinski definition) is 2. The maximum absolute atomic E-state index is 11.7. The van der Waals surface area contributed by atoms with Crippen molar-refractivity contribution in [2.24, 2.45) is 5.73 Å². The normalized spacial score (nSPS) is 19.6. The Balaban J connectivity index is 2.11. The van der Waals surface area contributed by atoms with Crippen LogP contribution in [0.2, 0.25) is 0 Å². The summed E-state index contributed by atoms with van der Waals surface area (Å²) >= 11 is 0. The van der Waals surface area contributed by atoms with Crippen LogP contribution in [0.3, 0.4) is 0 Å². The van der Waals surface area contributed by atoms with Crippen molar-refractivity contribution in [1.82, 2.24) is 0 Å². The minimum Gasteiger partial charge on any atom is -0.480 e. The Morgan fingerprint density at radius 1 is 1.24 bits per heavy atom. The summed E-state index contributed by atoms with van der Waals surface area (Å²) in [6.45, 7) is 0. The highest BCUT2D eigenvalue weighted by Gasteiger charge is 2.13. The predicted octanol–water partition coefficient (Wildman–Crippen LogP) is 2.23. The average Bonchev–Trinajstić information content (AvgIpc) is 2.41. The number of hydrogen-bond acceptors (Lipinski definition) is 4. The molecular weight excluding hydrogens is 270 g/mol. The summed E-state index contributed by atoms with van der Waals surface area (Å²) in [5, 5.41) is 8.64. The molecule has 0 fully saturated rings. The van der Waals surface area contributed by atoms with Crippen LogP contribution in [-0.4, -0.2) is 29.2 Å². The Labute approximate surface area is 126 Å². The summed E-state index contributed by atoms with van der Waals surface area (Å²) in [4.78, 5) is 22.2. The first-order valence-electron chi connectivity index (χ1n) is 7.76. The average molecular weight is 295 g/mol. The Morgan fingerprint density at radius 3 is 2.81 bits per heavy atom. The van der Waals surface area contributed by atoms with E-state index in [9.17, 15) is 9.59 Å². The van der Waals surface area contributed by atoms with E-state index < -0.39 is 12.0 Å². The molecule has 1 rings (SSSR count). The first-order valence-corrected chi connectivity index (χ1v) is 7.76. The van der Waals surface area contributed by atoms with Crippen LogP contribution in [0.15, 0.2) is 0 Å². The topological polar surface area (TPSA) is 89.6 Å². The highest BCUT2D eigenvalue weighted by atomic mass is 16.5. The number of carboxylic acids is 1. The molecule has 0 aromatic heterocycles. The van der Waals surface area contributed by atoms with Crippen molar-refractivity contribution in [3.05, 3.63) is 0 Å². The van der Waals surface area contributed by atoms with Crippen LogP contribution in [0.4, 0.5) is 0 Å². The number of aliphatic carboxylic acids is 1. The number of carbonyl (C=O) groups is 2. The number of carbonyl (C=O) groups excluding carboxylic acids is 1. The third kappa shape index (κ3) is 8.36. The van der Waals surface area contributed by atoms with Crippen molar-refractivity contribution in [2.45, 2.75) is 76.4 Å². The molecule has 0 bridgehead atoms. The van der Waals surface area contributed by atoms with Crippen LogP contribution < -0.4 is 5.73 Å². The Morgan fingerprint density at radius 2 is 2.05 bits per heavy atom. The number of esters is 1. The van der Waals surface area contributed by atoms with Crippen molar-refractivity contribution in [1.29, 1.82) is 0 Å². The number of unbranched alkanes of at least 4 members (excludes halogenated alkanes) is 2. The molecule has 0 spiro atoms. The summed E-state index contributed by atoms with van der Waals surface area (Å²) < 4.78 is 5.36. The molecule has 5 heteroatoms. The van der Waals surface area contributed by atoms with E-state index >= 15 is 0 Å². The quantitative estimate of drug-likeness (QED) is 0.407. The molecule has 0 aromatic carbocycles. The molecule has 0 heterocycles. The van der Waals surface area contributed by atoms with Gasteiger partial charge in [-0.1, -0.05) is 31.1 Å². The zero-order valence-corrected chi connectivity index (χ0v) is 12.5. The SMILES string of the molecule is N[C@@H](CCCCCC(=O)OC1C#CCCCCC1)C(=O)O. The van der Waals surface area contributed by atoms with Crippen LogP contribution >= 0.6 is 0 Å². The van der Waals surface area contributed by atoms with E-state index in [1.165, 1.54) is 0 Å². The van der Waals surface area contributed by atoms with Gasteiger partial charge in [-0.25, -0.2) is 0 Å². The molecule has 0 aliphatic heterocycles. The van der Waals surface area contributed by atoms with Gasteiger partial charge in [0.1, 0.15) is 6.04 Å². The van der Waals surface area contributed by atoms with E-state index in [1.54, 1.807) is 0 Å². The molecule has 0 saturated heterocycles. The van der Waals surface area contributed by atoms with Crippen LogP contribution in [0.25, 0.3) is 0 Å². The molecule has 5 nitrogen and oxygen atoms in total. The van der Waals surface area contributed by atoms with Crippen molar-refractivity contribution in [3.63, 3.8) is 0 Å². The number of carboxylic acid groups (broad SMARTS) is 1. The molecule has 0 aromatic rings. The van der Waals surface area contributed by atoms with Gasteiger partial charge in [0.15, 0.2) is 6.10 Å². The highest BCUT2D eigenvalue weighted by Crippen LogP contribution is 2.12. The van der Waals surface area contributed by atoms with Gasteiger partial charge < -0.3 is 15.6 Å². The van der Waals surface area contributed by atoms with E-state index in [0.29, 0.717) is 25.7 Å². The van der Waals surface area contributed by atoms with Gasteiger partial charge in [0.25, 0.3) is 0 Å². The molecular formula is C16H25NO4. The zero-order valence-electron chi connectivity index (χ0n) is 12.5. The minimum atomic E-state index is -0.975. The molecule has 3 N–H and O–H groups in total. The smallest absolute Gasteiger partial charge is 0.320 e. The molecule has 0 saturated carbocycles. The van der Waals surface area contributed by atoms with E-state index in [4.69, 9.17) is 15.6 Å². The molecule has 0 radical (unpaired) electrons. The van der Waals surface area contributed by atoms with Gasteiger partial charge in [0.2, 0.25) is 0 Å². The summed E-state index contributed by atoms with van der Waals surface area (Å²) in [5.74, 6) is 4.87. The highest BCUT2D eigenvalue weighted by molar-refractivity contribution is 5.73. The molecule has 21 heavy (non-hydrogen) atoms. The van der Waals surface area contributed by atoms with Crippen LogP contribution in [-0.2, 0) is 14.3 Å². The van der Waals surface area contributed by atoms with E-state index in [2.05, 4.69) is 11.8 Å². The zero-order chi connectivity index (χ0) is 15.5. The van der Waals surface area contributed by atoms with Crippen LogP contribution in [0.1, 0.15) is 64.2 Å². The fourth-order valence-corrected chi connectivity index (χ4v) is 2.22. The van der Waals surface area contributed by atoms with Gasteiger partial charge in [0, 0.05) is 12.8 Å². The van der Waals surface area contributed by atoms with Crippen molar-refractivity contribution in [3.8, 4) is 11.8 Å². The van der Waals surface area contributed by atoms with Crippen LogP contribution in [0.5, 0.6) is 0 Å². The van der Waals surface area contributed by atoms with Gasteiger partial charge in [-0.3, -0.25) is 9.59 Å². The summed E-state index contributed by atoms with van der Waals surface area (Å²) in [7, 11) is 0. The molecule has 0 amide bonds. The molecule has 118 valence electrons. The third-order valence-corrected chi connectivity index (χ3v) is 3.52. The number of nitrogens with two attached hydrogens (primary N) is 1. The lowest BCUT2D eigenvalue weighted by Crippen LogP contribution is -2.29. The Kier molecular flexibility index (Phi) is 8.53. The van der Waals surface area contributed by atoms with Crippen molar-refractivity contribution < 1.29 is 19.4 Å². The standard InChI is InChI=1S/C16H25NO4/c17-14(16(19)20)11-7-4-8-12-15(18)21-13-9-5-2-1-3-6-10-13/h13-14H,1-5,7-9,11-12,17H2,(H,19,20)/t13?,14-/m0/s1. The lowest BCUT2D eigenvalue weighted by Gasteiger charge is -2.13. The minimum absolute atomic E-state index is 0.211. The van der Waals surface area contributed by atoms with Gasteiger partial charge in [-0.2, -0.15) is 0 Å². The first kappa shape index (κ1) is 17.5. The first-order chi connectivity index (χ1) is 10.1. The van der Waals surface area contributed by atoms with E-state index in [-0.39, 0.29) is 12.1 Å². The Bertz CT molecular complexity index is 397. The molecule has 1 aliphatic carbocycles. The molecule has 1 unspecified atom stereocenters. The van der Waals surface area contributed by atoms with Crippen molar-refractivity contribution in [2.75, 3.05) is 0 Å². The predicted molar refractivity (Wildman–Crippen MR) is 79.4 cm³/mol. The second-order valence-electron chi connectivity index (χ2n) is 5.44. The van der Waals surface area contributed by atoms with Gasteiger partial charge in [0.05, 0.1) is 0 Å². The largest absolute Gasteiger partial charge is 0.480 e. The van der Waals surface area contributed by atoms with Gasteiger partial charge in [-0.05, 0) is 32.1 Å². The molecule has 2 atom stereocenters. The fraction of sp³-hybridized carbons (Fsp3) is 0.750. The van der Waals surface area contributed by atoms with Crippen molar-refractivity contribution >= 4 is 11.9 Å². The third-order valence-electron chi connectivity index (χ3n) is 3.52. The van der Waals surface area contributed by atoms with E-state index in [1.807, 2.05) is 0 Å². The summed E-state index contributed by atoms with van der Waals surface area (Å²) in [5.41, 5.74) is 5.40. The second-order valence-corrected chi connectivity index (χ2v) is 5.44. The molecule has 1 aliphatic rings. The number of ether oxygens (including phenoxy) is 1. The van der Waals surface area contributed by atoms with E-state index in [0.717, 1.165) is 38.5 Å². The van der Waals surface area contributed by atoms with Gasteiger partial charge in [-0.15, -0.1) is 0 Å². The monoisotopic (exact) mass is 295 g/mol. The maximum atomic E-state index is 11.7. The lowest BCUT2D eigenvalue weighted by atomic mass is 10.1. The maximum Gasteiger partial charge on any atom is 0.320 e. The summed E-state index contributed by atoms with van der Waals surface area (Å²) in [6.07, 6.45) is 7.79.